The molecule has 0 fully saturated rings. The topological polar surface area (TPSA) is 116 Å². The fraction of sp³-hybridized carbons (Fsp3) is 0.158. The van der Waals surface area contributed by atoms with E-state index in [1.165, 1.54) is 0 Å². The van der Waals surface area contributed by atoms with Crippen molar-refractivity contribution in [2.24, 2.45) is 0 Å². The molecule has 2 heterocycles. The first-order valence-electron chi connectivity index (χ1n) is 8.51. The molecule has 0 saturated carbocycles. The van der Waals surface area contributed by atoms with Gasteiger partial charge in [0.15, 0.2) is 0 Å². The van der Waals surface area contributed by atoms with Crippen molar-refractivity contribution in [3.05, 3.63) is 59.9 Å². The Labute approximate surface area is 154 Å². The van der Waals surface area contributed by atoms with E-state index in [0.717, 1.165) is 11.0 Å². The number of carbonyl (C=O) groups is 3. The molecule has 8 nitrogen and oxygen atoms in total. The quantitative estimate of drug-likeness (QED) is 0.559. The van der Waals surface area contributed by atoms with E-state index in [-0.39, 0.29) is 24.8 Å². The van der Waals surface area contributed by atoms with Crippen LogP contribution in [0.25, 0.3) is 11.0 Å². The molecule has 27 heavy (non-hydrogen) atoms. The first-order valence-corrected chi connectivity index (χ1v) is 8.51. The minimum absolute atomic E-state index is 0.161. The lowest BCUT2D eigenvalue weighted by Crippen LogP contribution is -2.44. The molecule has 3 aromatic rings. The van der Waals surface area contributed by atoms with Gasteiger partial charge in [0.2, 0.25) is 11.8 Å². The number of hydrogen-bond acceptors (Lipinski definition) is 4. The highest BCUT2D eigenvalue weighted by Crippen LogP contribution is 2.18. The number of aromatic nitrogens is 2. The summed E-state index contributed by atoms with van der Waals surface area (Å²) in [6.45, 7) is 0.204. The number of imidazole rings is 1. The third-order valence-corrected chi connectivity index (χ3v) is 4.33. The van der Waals surface area contributed by atoms with E-state index in [9.17, 15) is 14.4 Å². The standard InChI is InChI=1S/C19H17N5O3/c25-17(20-10-16-21-13-7-3-4-8-14(13)22-16)9-15-19(27)23-12-6-2-1-5-11(12)18(26)24-15/h1-8,15H,9-10H2,(H,20,25)(H,21,22)(H,23,27)(H,24,26)/t15-/m1/s1. The van der Waals surface area contributed by atoms with E-state index in [0.29, 0.717) is 17.1 Å². The average Bonchev–Trinajstić information content (AvgIpc) is 3.04. The number of carbonyl (C=O) groups excluding carboxylic acids is 3. The van der Waals surface area contributed by atoms with Crippen LogP contribution in [0.4, 0.5) is 5.69 Å². The van der Waals surface area contributed by atoms with Gasteiger partial charge in [-0.1, -0.05) is 24.3 Å². The average molecular weight is 363 g/mol. The molecule has 136 valence electrons. The predicted molar refractivity (Wildman–Crippen MR) is 98.9 cm³/mol. The lowest BCUT2D eigenvalue weighted by molar-refractivity contribution is -0.125. The van der Waals surface area contributed by atoms with Crippen LogP contribution in [0.2, 0.25) is 0 Å². The Hall–Kier alpha value is -3.68. The molecule has 0 saturated heterocycles. The van der Waals surface area contributed by atoms with Gasteiger partial charge in [-0.05, 0) is 24.3 Å². The highest BCUT2D eigenvalue weighted by Gasteiger charge is 2.29. The Bertz CT molecular complexity index is 1010. The highest BCUT2D eigenvalue weighted by atomic mass is 16.2. The van der Waals surface area contributed by atoms with Crippen LogP contribution < -0.4 is 16.0 Å². The fourth-order valence-electron chi connectivity index (χ4n) is 2.98. The number of anilines is 1. The molecule has 1 aliphatic heterocycles. The monoisotopic (exact) mass is 363 g/mol. The maximum absolute atomic E-state index is 12.3. The Morgan fingerprint density at radius 3 is 2.70 bits per heavy atom. The van der Waals surface area contributed by atoms with Crippen LogP contribution in [0.3, 0.4) is 0 Å². The zero-order chi connectivity index (χ0) is 18.8. The van der Waals surface area contributed by atoms with Crippen LogP contribution in [0.5, 0.6) is 0 Å². The molecule has 0 aliphatic carbocycles. The van der Waals surface area contributed by atoms with Gasteiger partial charge in [0.1, 0.15) is 11.9 Å². The Morgan fingerprint density at radius 1 is 1.07 bits per heavy atom. The van der Waals surface area contributed by atoms with Crippen molar-refractivity contribution < 1.29 is 14.4 Å². The van der Waals surface area contributed by atoms with Crippen molar-refractivity contribution >= 4 is 34.4 Å². The van der Waals surface area contributed by atoms with Gasteiger partial charge in [-0.25, -0.2) is 4.98 Å². The summed E-state index contributed by atoms with van der Waals surface area (Å²) in [7, 11) is 0. The SMILES string of the molecule is O=C(C[C@H]1NC(=O)c2ccccc2NC1=O)NCc1nc2ccccc2[nH]1. The van der Waals surface area contributed by atoms with Crippen LogP contribution in [-0.4, -0.2) is 33.7 Å². The van der Waals surface area contributed by atoms with Gasteiger partial charge in [-0.2, -0.15) is 0 Å². The molecule has 0 unspecified atom stereocenters. The van der Waals surface area contributed by atoms with Crippen LogP contribution in [0.15, 0.2) is 48.5 Å². The number of hydrogen-bond donors (Lipinski definition) is 4. The first-order chi connectivity index (χ1) is 13.1. The molecule has 2 aromatic carbocycles. The zero-order valence-corrected chi connectivity index (χ0v) is 14.3. The molecule has 1 atom stereocenters. The number of benzene rings is 2. The van der Waals surface area contributed by atoms with Gasteiger partial charge >= 0.3 is 0 Å². The third kappa shape index (κ3) is 3.50. The largest absolute Gasteiger partial charge is 0.349 e. The number of para-hydroxylation sites is 3. The number of aromatic amines is 1. The van der Waals surface area contributed by atoms with Crippen molar-refractivity contribution in [3.8, 4) is 0 Å². The second kappa shape index (κ2) is 6.91. The molecule has 3 amide bonds. The molecule has 1 aromatic heterocycles. The summed E-state index contributed by atoms with van der Waals surface area (Å²) in [5.41, 5.74) is 2.51. The maximum atomic E-state index is 12.3. The van der Waals surface area contributed by atoms with Gasteiger partial charge in [0.05, 0.1) is 35.2 Å². The normalized spacial score (nSPS) is 16.2. The van der Waals surface area contributed by atoms with Crippen molar-refractivity contribution in [2.45, 2.75) is 19.0 Å². The maximum Gasteiger partial charge on any atom is 0.254 e. The molecular formula is C19H17N5O3. The van der Waals surface area contributed by atoms with Crippen LogP contribution in [0, 0.1) is 0 Å². The van der Waals surface area contributed by atoms with Gasteiger partial charge < -0.3 is 20.9 Å². The summed E-state index contributed by atoms with van der Waals surface area (Å²) in [6.07, 6.45) is -0.161. The van der Waals surface area contributed by atoms with Gasteiger partial charge in [0.25, 0.3) is 5.91 Å². The van der Waals surface area contributed by atoms with Gasteiger partial charge in [-0.3, -0.25) is 14.4 Å². The van der Waals surface area contributed by atoms with E-state index in [1.807, 2.05) is 24.3 Å². The minimum atomic E-state index is -0.944. The Kier molecular flexibility index (Phi) is 4.29. The number of rotatable bonds is 4. The summed E-state index contributed by atoms with van der Waals surface area (Å²) in [5.74, 6) is -0.556. The van der Waals surface area contributed by atoms with E-state index >= 15 is 0 Å². The number of nitrogens with one attached hydrogen (secondary N) is 4. The van der Waals surface area contributed by atoms with E-state index in [1.54, 1.807) is 24.3 Å². The molecule has 4 N–H and O–H groups in total. The minimum Gasteiger partial charge on any atom is -0.349 e. The smallest absolute Gasteiger partial charge is 0.254 e. The van der Waals surface area contributed by atoms with E-state index < -0.39 is 11.9 Å². The fourth-order valence-corrected chi connectivity index (χ4v) is 2.98. The predicted octanol–water partition coefficient (Wildman–Crippen LogP) is 1.32. The summed E-state index contributed by atoms with van der Waals surface area (Å²) >= 11 is 0. The van der Waals surface area contributed by atoms with E-state index in [4.69, 9.17) is 0 Å². The van der Waals surface area contributed by atoms with Gasteiger partial charge in [-0.15, -0.1) is 0 Å². The molecule has 1 aliphatic rings. The van der Waals surface area contributed by atoms with Crippen LogP contribution in [0.1, 0.15) is 22.6 Å². The molecule has 4 rings (SSSR count). The third-order valence-electron chi connectivity index (χ3n) is 4.33. The molecular weight excluding hydrogens is 346 g/mol. The molecule has 0 radical (unpaired) electrons. The Morgan fingerprint density at radius 2 is 1.85 bits per heavy atom. The van der Waals surface area contributed by atoms with Gasteiger partial charge in [0, 0.05) is 0 Å². The van der Waals surface area contributed by atoms with Crippen molar-refractivity contribution in [3.63, 3.8) is 0 Å². The number of nitrogens with zero attached hydrogens (tertiary/aromatic N) is 1. The second-order valence-corrected chi connectivity index (χ2v) is 6.24. The summed E-state index contributed by atoms with van der Waals surface area (Å²) in [6, 6.07) is 13.3. The number of fused-ring (bicyclic) bond motifs is 2. The van der Waals surface area contributed by atoms with Crippen LogP contribution in [-0.2, 0) is 16.1 Å². The Balaban J connectivity index is 1.39. The lowest BCUT2D eigenvalue weighted by atomic mass is 10.1. The van der Waals surface area contributed by atoms with Crippen molar-refractivity contribution in [1.82, 2.24) is 20.6 Å². The molecule has 0 bridgehead atoms. The highest BCUT2D eigenvalue weighted by molar-refractivity contribution is 6.10. The van der Waals surface area contributed by atoms with Crippen molar-refractivity contribution in [1.29, 1.82) is 0 Å². The van der Waals surface area contributed by atoms with Crippen LogP contribution >= 0.6 is 0 Å². The number of H-pyrrole nitrogens is 1. The van der Waals surface area contributed by atoms with E-state index in [2.05, 4.69) is 25.9 Å². The molecule has 0 spiro atoms. The summed E-state index contributed by atoms with van der Waals surface area (Å²) in [5, 5.41) is 8.00. The zero-order valence-electron chi connectivity index (χ0n) is 14.3. The number of amides is 3. The second-order valence-electron chi connectivity index (χ2n) is 6.24. The summed E-state index contributed by atoms with van der Waals surface area (Å²) in [4.78, 5) is 44.3. The van der Waals surface area contributed by atoms with Crippen molar-refractivity contribution in [2.75, 3.05) is 5.32 Å². The molecule has 8 heteroatoms. The summed E-state index contributed by atoms with van der Waals surface area (Å²) < 4.78 is 0. The first kappa shape index (κ1) is 16.8. The lowest BCUT2D eigenvalue weighted by Gasteiger charge is -2.14.